The molecule has 16 heavy (non-hydrogen) atoms. The molecule has 92 valence electrons. The molecule has 0 aliphatic rings. The molecule has 0 atom stereocenters. The van der Waals surface area contributed by atoms with Crippen molar-refractivity contribution in [3.63, 3.8) is 0 Å². The smallest absolute Gasteiger partial charge is 0.242 e. The van der Waals surface area contributed by atoms with Gasteiger partial charge in [0.2, 0.25) is 5.91 Å². The van der Waals surface area contributed by atoms with Gasteiger partial charge in [-0.05, 0) is 20.9 Å². The molecule has 1 amide bonds. The van der Waals surface area contributed by atoms with E-state index in [1.165, 1.54) is 0 Å². The number of ether oxygens (including phenoxy) is 1. The average Bonchev–Trinajstić information content (AvgIpc) is 2.28. The molecule has 5 nitrogen and oxygen atoms in total. The van der Waals surface area contributed by atoms with Gasteiger partial charge in [-0.15, -0.1) is 0 Å². The molecule has 0 aliphatic carbocycles. The second kappa shape index (κ2) is 7.20. The van der Waals surface area contributed by atoms with Gasteiger partial charge in [-0.2, -0.15) is 5.26 Å². The minimum Gasteiger partial charge on any atom is -0.383 e. The standard InChI is InChI=1S/C11H21N3O2/c1-11(2,13-3)10(15)14(7-5-6-12)8-9-16-4/h13H,5,7-9H2,1-4H3. The number of likely N-dealkylation sites (N-methyl/N-ethyl adjacent to an activating group) is 1. The number of nitrogens with one attached hydrogen (secondary N) is 1. The lowest BCUT2D eigenvalue weighted by Crippen LogP contribution is -2.53. The van der Waals surface area contributed by atoms with E-state index in [1.807, 2.05) is 19.9 Å². The average molecular weight is 227 g/mol. The largest absolute Gasteiger partial charge is 0.383 e. The van der Waals surface area contributed by atoms with Crippen LogP contribution in [0.2, 0.25) is 0 Å². The van der Waals surface area contributed by atoms with Crippen molar-refractivity contribution in [2.75, 3.05) is 33.9 Å². The van der Waals surface area contributed by atoms with Gasteiger partial charge in [0.05, 0.1) is 24.6 Å². The maximum Gasteiger partial charge on any atom is 0.242 e. The van der Waals surface area contributed by atoms with E-state index in [1.54, 1.807) is 19.1 Å². The third kappa shape index (κ3) is 4.60. The third-order valence-corrected chi connectivity index (χ3v) is 2.51. The van der Waals surface area contributed by atoms with E-state index in [9.17, 15) is 4.79 Å². The van der Waals surface area contributed by atoms with Crippen LogP contribution in [-0.4, -0.2) is 50.2 Å². The molecule has 0 aromatic rings. The maximum atomic E-state index is 12.1. The summed E-state index contributed by atoms with van der Waals surface area (Å²) in [5.41, 5.74) is -0.608. The highest BCUT2D eigenvalue weighted by Gasteiger charge is 2.29. The van der Waals surface area contributed by atoms with E-state index in [0.29, 0.717) is 26.1 Å². The second-order valence-electron chi connectivity index (χ2n) is 4.07. The lowest BCUT2D eigenvalue weighted by Gasteiger charge is -2.31. The predicted molar refractivity (Wildman–Crippen MR) is 61.8 cm³/mol. The summed E-state index contributed by atoms with van der Waals surface area (Å²) in [6, 6.07) is 2.04. The Morgan fingerprint density at radius 1 is 1.50 bits per heavy atom. The van der Waals surface area contributed by atoms with Crippen LogP contribution in [0.5, 0.6) is 0 Å². The maximum absolute atomic E-state index is 12.1. The Morgan fingerprint density at radius 2 is 2.12 bits per heavy atom. The quantitative estimate of drug-likeness (QED) is 0.682. The monoisotopic (exact) mass is 227 g/mol. The van der Waals surface area contributed by atoms with Gasteiger partial charge in [-0.1, -0.05) is 0 Å². The highest BCUT2D eigenvalue weighted by Crippen LogP contribution is 2.07. The van der Waals surface area contributed by atoms with Gasteiger partial charge < -0.3 is 15.0 Å². The minimum absolute atomic E-state index is 0.0118. The number of amides is 1. The Kier molecular flexibility index (Phi) is 6.70. The van der Waals surface area contributed by atoms with E-state index in [0.717, 1.165) is 0 Å². The third-order valence-electron chi connectivity index (χ3n) is 2.51. The van der Waals surface area contributed by atoms with E-state index in [2.05, 4.69) is 5.32 Å². The summed E-state index contributed by atoms with van der Waals surface area (Å²) in [6.07, 6.45) is 0.343. The fraction of sp³-hybridized carbons (Fsp3) is 0.818. The zero-order valence-corrected chi connectivity index (χ0v) is 10.5. The number of nitrogens with zero attached hydrogens (tertiary/aromatic N) is 2. The molecule has 0 bridgehead atoms. The first kappa shape index (κ1) is 14.9. The van der Waals surface area contributed by atoms with Crippen LogP contribution in [0.4, 0.5) is 0 Å². The molecule has 0 spiro atoms. The summed E-state index contributed by atoms with van der Waals surface area (Å²) in [7, 11) is 3.34. The molecule has 0 heterocycles. The van der Waals surface area contributed by atoms with Crippen LogP contribution in [0.15, 0.2) is 0 Å². The highest BCUT2D eigenvalue weighted by molar-refractivity contribution is 5.85. The summed E-state index contributed by atoms with van der Waals surface area (Å²) in [4.78, 5) is 13.8. The molecule has 0 aromatic carbocycles. The van der Waals surface area contributed by atoms with E-state index >= 15 is 0 Å². The number of hydrogen-bond acceptors (Lipinski definition) is 4. The summed E-state index contributed by atoms with van der Waals surface area (Å²) in [6.45, 7) is 5.09. The van der Waals surface area contributed by atoms with Gasteiger partial charge in [0.15, 0.2) is 0 Å². The van der Waals surface area contributed by atoms with Gasteiger partial charge in [-0.25, -0.2) is 0 Å². The number of rotatable bonds is 7. The molecule has 0 rings (SSSR count). The van der Waals surface area contributed by atoms with Crippen LogP contribution >= 0.6 is 0 Å². The van der Waals surface area contributed by atoms with Crippen LogP contribution in [0.1, 0.15) is 20.3 Å². The number of hydrogen-bond donors (Lipinski definition) is 1. The van der Waals surface area contributed by atoms with Crippen LogP contribution in [0.3, 0.4) is 0 Å². The first-order chi connectivity index (χ1) is 7.49. The van der Waals surface area contributed by atoms with Crippen molar-refractivity contribution in [1.82, 2.24) is 10.2 Å². The van der Waals surface area contributed by atoms with Gasteiger partial charge >= 0.3 is 0 Å². The minimum atomic E-state index is -0.608. The van der Waals surface area contributed by atoms with Crippen molar-refractivity contribution >= 4 is 5.91 Å². The molecule has 0 unspecified atom stereocenters. The molecular formula is C11H21N3O2. The molecule has 1 N–H and O–H groups in total. The molecule has 0 aromatic heterocycles. The molecule has 0 saturated carbocycles. The van der Waals surface area contributed by atoms with Gasteiger partial charge in [-0.3, -0.25) is 4.79 Å². The zero-order chi connectivity index (χ0) is 12.6. The van der Waals surface area contributed by atoms with Crippen LogP contribution in [0.25, 0.3) is 0 Å². The van der Waals surface area contributed by atoms with E-state index in [-0.39, 0.29) is 5.91 Å². The Labute approximate surface area is 97.4 Å². The second-order valence-corrected chi connectivity index (χ2v) is 4.07. The summed E-state index contributed by atoms with van der Waals surface area (Å²) < 4.78 is 4.95. The van der Waals surface area contributed by atoms with Crippen LogP contribution in [0, 0.1) is 11.3 Å². The number of carbonyl (C=O) groups is 1. The van der Waals surface area contributed by atoms with Gasteiger partial charge in [0.1, 0.15) is 0 Å². The number of nitriles is 1. The molecule has 0 fully saturated rings. The van der Waals surface area contributed by atoms with Crippen molar-refractivity contribution in [3.05, 3.63) is 0 Å². The van der Waals surface area contributed by atoms with Crippen molar-refractivity contribution in [2.45, 2.75) is 25.8 Å². The molecule has 0 radical (unpaired) electrons. The first-order valence-electron chi connectivity index (χ1n) is 5.33. The highest BCUT2D eigenvalue weighted by atomic mass is 16.5. The molecule has 0 saturated heterocycles. The Morgan fingerprint density at radius 3 is 2.56 bits per heavy atom. The Hall–Kier alpha value is -1.12. The van der Waals surface area contributed by atoms with Crippen molar-refractivity contribution in [1.29, 1.82) is 5.26 Å². The zero-order valence-electron chi connectivity index (χ0n) is 10.5. The lowest BCUT2D eigenvalue weighted by atomic mass is 10.0. The first-order valence-corrected chi connectivity index (χ1v) is 5.33. The molecular weight excluding hydrogens is 206 g/mol. The number of carbonyl (C=O) groups excluding carboxylic acids is 1. The molecule has 5 heteroatoms. The summed E-state index contributed by atoms with van der Waals surface area (Å²) in [5, 5.41) is 11.5. The SMILES string of the molecule is CNC(C)(C)C(=O)N(CCC#N)CCOC. The summed E-state index contributed by atoms with van der Waals surface area (Å²) in [5.74, 6) is -0.0118. The Balaban J connectivity index is 4.49. The topological polar surface area (TPSA) is 65.4 Å². The summed E-state index contributed by atoms with van der Waals surface area (Å²) >= 11 is 0. The van der Waals surface area contributed by atoms with Crippen molar-refractivity contribution < 1.29 is 9.53 Å². The van der Waals surface area contributed by atoms with Crippen molar-refractivity contribution in [2.24, 2.45) is 0 Å². The predicted octanol–water partition coefficient (Wildman–Crippen LogP) is 0.373. The van der Waals surface area contributed by atoms with Crippen LogP contribution in [-0.2, 0) is 9.53 Å². The van der Waals surface area contributed by atoms with Gasteiger partial charge in [0.25, 0.3) is 0 Å². The van der Waals surface area contributed by atoms with Gasteiger partial charge in [0, 0.05) is 20.2 Å². The Bertz CT molecular complexity index is 258. The lowest BCUT2D eigenvalue weighted by molar-refractivity contribution is -0.137. The van der Waals surface area contributed by atoms with E-state index in [4.69, 9.17) is 10.00 Å². The number of methoxy groups -OCH3 is 1. The fourth-order valence-corrected chi connectivity index (χ4v) is 1.20. The van der Waals surface area contributed by atoms with E-state index < -0.39 is 5.54 Å². The normalized spacial score (nSPS) is 10.9. The van der Waals surface area contributed by atoms with Crippen molar-refractivity contribution in [3.8, 4) is 6.07 Å². The van der Waals surface area contributed by atoms with Crippen LogP contribution < -0.4 is 5.32 Å². The molecule has 0 aliphatic heterocycles. The fourth-order valence-electron chi connectivity index (χ4n) is 1.20.